The predicted octanol–water partition coefficient (Wildman–Crippen LogP) is 2.96. The number of hydrogen-bond donors (Lipinski definition) is 4. The molecule has 0 aliphatic carbocycles. The summed E-state index contributed by atoms with van der Waals surface area (Å²) in [5, 5.41) is 19.0. The van der Waals surface area contributed by atoms with Crippen LogP contribution in [0.4, 0.5) is 0 Å². The van der Waals surface area contributed by atoms with Crippen LogP contribution in [0.5, 0.6) is 5.75 Å². The third kappa shape index (κ3) is 8.81. The van der Waals surface area contributed by atoms with Gasteiger partial charge in [0.15, 0.2) is 0 Å². The standard InChI is InChI=1S/C30H38ClN3O6/c1-18(29(37)32-3)17-33-30(38)23(16-20-13-14-25(39-4)22(31)15-20)34-26(36)12-8-11-24(35)19(2)27-28(40-27)21-9-6-5-7-10-21/h5-10,12-15,18-19,23-24,27-28,35H,11,16-17H2,1-4H3,(H,32,37)(H,33,38)(H,34,36). The number of ether oxygens (including phenoxy) is 2. The quantitative estimate of drug-likeness (QED) is 0.204. The van der Waals surface area contributed by atoms with E-state index in [4.69, 9.17) is 21.1 Å². The maximum atomic E-state index is 13.0. The Kier molecular flexibility index (Phi) is 11.5. The van der Waals surface area contributed by atoms with Crippen LogP contribution in [0.25, 0.3) is 0 Å². The lowest BCUT2D eigenvalue weighted by atomic mass is 9.94. The maximum Gasteiger partial charge on any atom is 0.244 e. The summed E-state index contributed by atoms with van der Waals surface area (Å²) in [4.78, 5) is 37.6. The Morgan fingerprint density at radius 3 is 2.50 bits per heavy atom. The molecule has 0 saturated carbocycles. The number of benzene rings is 2. The molecule has 0 spiro atoms. The zero-order valence-electron chi connectivity index (χ0n) is 23.2. The van der Waals surface area contributed by atoms with E-state index in [9.17, 15) is 19.5 Å². The van der Waals surface area contributed by atoms with Crippen molar-refractivity contribution in [1.29, 1.82) is 0 Å². The Bertz CT molecular complexity index is 1190. The molecule has 4 N–H and O–H groups in total. The van der Waals surface area contributed by atoms with Crippen LogP contribution in [0.15, 0.2) is 60.7 Å². The molecule has 1 fully saturated rings. The van der Waals surface area contributed by atoms with Gasteiger partial charge in [-0.3, -0.25) is 14.4 Å². The van der Waals surface area contributed by atoms with Crippen molar-refractivity contribution in [3.63, 3.8) is 0 Å². The number of epoxide rings is 1. The van der Waals surface area contributed by atoms with E-state index in [1.807, 2.05) is 37.3 Å². The molecule has 2 aromatic rings. The fraction of sp³-hybridized carbons (Fsp3) is 0.433. The molecular formula is C30H38ClN3O6. The molecule has 6 atom stereocenters. The fourth-order valence-corrected chi connectivity index (χ4v) is 4.68. The van der Waals surface area contributed by atoms with Crippen LogP contribution in [-0.4, -0.2) is 61.8 Å². The van der Waals surface area contributed by atoms with E-state index < -0.39 is 29.9 Å². The molecule has 0 aromatic heterocycles. The molecule has 9 nitrogen and oxygen atoms in total. The van der Waals surface area contributed by atoms with Crippen molar-refractivity contribution in [1.82, 2.24) is 16.0 Å². The Hall–Kier alpha value is -3.40. The highest BCUT2D eigenvalue weighted by Gasteiger charge is 2.45. The second-order valence-electron chi connectivity index (χ2n) is 9.99. The van der Waals surface area contributed by atoms with Crippen LogP contribution in [0, 0.1) is 11.8 Å². The molecule has 0 radical (unpaired) electrons. The summed E-state index contributed by atoms with van der Waals surface area (Å²) in [5.41, 5.74) is 1.80. The van der Waals surface area contributed by atoms with E-state index in [-0.39, 0.29) is 43.4 Å². The van der Waals surface area contributed by atoms with Gasteiger partial charge in [-0.15, -0.1) is 0 Å². The molecule has 10 heteroatoms. The van der Waals surface area contributed by atoms with Gasteiger partial charge in [0, 0.05) is 25.9 Å². The second-order valence-corrected chi connectivity index (χ2v) is 10.4. The third-order valence-electron chi connectivity index (χ3n) is 6.99. The molecule has 0 bridgehead atoms. The summed E-state index contributed by atoms with van der Waals surface area (Å²) in [6.07, 6.45) is 2.51. The van der Waals surface area contributed by atoms with Gasteiger partial charge in [-0.25, -0.2) is 0 Å². The number of halogens is 1. The van der Waals surface area contributed by atoms with Crippen molar-refractivity contribution < 1.29 is 29.0 Å². The molecule has 6 unspecified atom stereocenters. The number of amides is 3. The number of carbonyl (C=O) groups is 3. The average molecular weight is 572 g/mol. The summed E-state index contributed by atoms with van der Waals surface area (Å²) in [5.74, 6) is -1.19. The normalized spacial score (nSPS) is 19.2. The van der Waals surface area contributed by atoms with Crippen LogP contribution in [0.1, 0.15) is 37.5 Å². The van der Waals surface area contributed by atoms with Gasteiger partial charge in [0.2, 0.25) is 17.7 Å². The molecule has 3 amide bonds. The van der Waals surface area contributed by atoms with Crippen molar-refractivity contribution in [2.75, 3.05) is 20.7 Å². The largest absolute Gasteiger partial charge is 0.495 e. The number of aliphatic hydroxyl groups excluding tert-OH is 1. The summed E-state index contributed by atoms with van der Waals surface area (Å²) in [6, 6.07) is 14.1. The summed E-state index contributed by atoms with van der Waals surface area (Å²) >= 11 is 6.24. The zero-order valence-corrected chi connectivity index (χ0v) is 24.0. The number of methoxy groups -OCH3 is 1. The molecule has 1 saturated heterocycles. The lowest BCUT2D eigenvalue weighted by molar-refractivity contribution is -0.128. The smallest absolute Gasteiger partial charge is 0.244 e. The van der Waals surface area contributed by atoms with Crippen LogP contribution in [-0.2, 0) is 25.5 Å². The highest BCUT2D eigenvalue weighted by molar-refractivity contribution is 6.32. The summed E-state index contributed by atoms with van der Waals surface area (Å²) < 4.78 is 11.0. The molecule has 3 rings (SSSR count). The molecule has 2 aromatic carbocycles. The van der Waals surface area contributed by atoms with E-state index in [1.54, 1.807) is 31.2 Å². The highest BCUT2D eigenvalue weighted by atomic mass is 35.5. The first-order valence-electron chi connectivity index (χ1n) is 13.3. The van der Waals surface area contributed by atoms with Gasteiger partial charge in [0.1, 0.15) is 17.9 Å². The van der Waals surface area contributed by atoms with Crippen LogP contribution >= 0.6 is 11.6 Å². The van der Waals surface area contributed by atoms with E-state index >= 15 is 0 Å². The molecule has 1 aliphatic heterocycles. The zero-order chi connectivity index (χ0) is 29.2. The monoisotopic (exact) mass is 571 g/mol. The Morgan fingerprint density at radius 2 is 1.85 bits per heavy atom. The van der Waals surface area contributed by atoms with Crippen LogP contribution < -0.4 is 20.7 Å². The number of aliphatic hydroxyl groups is 1. The van der Waals surface area contributed by atoms with Crippen molar-refractivity contribution in [3.8, 4) is 5.75 Å². The number of rotatable bonds is 14. The summed E-state index contributed by atoms with van der Waals surface area (Å²) in [7, 11) is 3.04. The molecule has 1 aliphatic rings. The SMILES string of the molecule is CNC(=O)C(C)CNC(=O)C(Cc1ccc(OC)c(Cl)c1)NC(=O)C=CCC(O)C(C)C1OC1c1ccccc1. The topological polar surface area (TPSA) is 129 Å². The van der Waals surface area contributed by atoms with E-state index in [2.05, 4.69) is 16.0 Å². The first kappa shape index (κ1) is 31.1. The second kappa shape index (κ2) is 14.8. The Morgan fingerprint density at radius 1 is 1.12 bits per heavy atom. The summed E-state index contributed by atoms with van der Waals surface area (Å²) in [6.45, 7) is 3.73. The van der Waals surface area contributed by atoms with Gasteiger partial charge in [-0.2, -0.15) is 0 Å². The molecule has 1 heterocycles. The average Bonchev–Trinajstić information content (AvgIpc) is 3.76. The Labute approximate surface area is 240 Å². The van der Waals surface area contributed by atoms with E-state index in [0.717, 1.165) is 11.1 Å². The van der Waals surface area contributed by atoms with Crippen molar-refractivity contribution in [2.24, 2.45) is 11.8 Å². The first-order valence-corrected chi connectivity index (χ1v) is 13.7. The van der Waals surface area contributed by atoms with Gasteiger partial charge in [-0.1, -0.05) is 67.9 Å². The fourth-order valence-electron chi connectivity index (χ4n) is 4.40. The lowest BCUT2D eigenvalue weighted by Crippen LogP contribution is -2.49. The van der Waals surface area contributed by atoms with Gasteiger partial charge in [-0.05, 0) is 35.8 Å². The van der Waals surface area contributed by atoms with Crippen LogP contribution in [0.3, 0.4) is 0 Å². The van der Waals surface area contributed by atoms with Crippen LogP contribution in [0.2, 0.25) is 5.02 Å². The first-order chi connectivity index (χ1) is 19.1. The number of nitrogens with one attached hydrogen (secondary N) is 3. The molecular weight excluding hydrogens is 534 g/mol. The minimum Gasteiger partial charge on any atom is -0.495 e. The number of hydrogen-bond acceptors (Lipinski definition) is 6. The molecule has 216 valence electrons. The minimum atomic E-state index is -0.922. The maximum absolute atomic E-state index is 13.0. The predicted molar refractivity (Wildman–Crippen MR) is 153 cm³/mol. The van der Waals surface area contributed by atoms with Gasteiger partial charge in [0.05, 0.1) is 30.3 Å². The van der Waals surface area contributed by atoms with Crippen molar-refractivity contribution in [3.05, 3.63) is 76.8 Å². The van der Waals surface area contributed by atoms with E-state index in [1.165, 1.54) is 20.2 Å². The van der Waals surface area contributed by atoms with Crippen molar-refractivity contribution in [2.45, 2.75) is 51.0 Å². The van der Waals surface area contributed by atoms with Crippen molar-refractivity contribution >= 4 is 29.3 Å². The van der Waals surface area contributed by atoms with Gasteiger partial charge >= 0.3 is 0 Å². The third-order valence-corrected chi connectivity index (χ3v) is 7.29. The van der Waals surface area contributed by atoms with Gasteiger partial charge in [0.25, 0.3) is 0 Å². The van der Waals surface area contributed by atoms with E-state index in [0.29, 0.717) is 10.8 Å². The van der Waals surface area contributed by atoms with Gasteiger partial charge < -0.3 is 30.5 Å². The highest BCUT2D eigenvalue weighted by Crippen LogP contribution is 2.44. The lowest BCUT2D eigenvalue weighted by Gasteiger charge is -2.20. The Balaban J connectivity index is 1.58. The molecule has 40 heavy (non-hydrogen) atoms. The number of carbonyl (C=O) groups excluding carboxylic acids is 3. The minimum absolute atomic E-state index is 0.0324.